The molecule has 0 aliphatic heterocycles. The predicted molar refractivity (Wildman–Crippen MR) is 75.5 cm³/mol. The highest BCUT2D eigenvalue weighted by atomic mass is 16.6. The lowest BCUT2D eigenvalue weighted by Crippen LogP contribution is -2.20. The molecular formula is C12H14N4O4. The van der Waals surface area contributed by atoms with Crippen LogP contribution in [-0.4, -0.2) is 34.3 Å². The van der Waals surface area contributed by atoms with Gasteiger partial charge in [-0.1, -0.05) is 0 Å². The van der Waals surface area contributed by atoms with Crippen LogP contribution in [0.25, 0.3) is 0 Å². The number of nitro groups is 1. The lowest BCUT2D eigenvalue weighted by atomic mass is 10.2. The van der Waals surface area contributed by atoms with E-state index in [1.54, 1.807) is 6.92 Å². The van der Waals surface area contributed by atoms with E-state index >= 15 is 0 Å². The highest BCUT2D eigenvalue weighted by Gasteiger charge is 2.12. The number of nitro benzene ring substituents is 1. The average molecular weight is 278 g/mol. The van der Waals surface area contributed by atoms with Crippen molar-refractivity contribution < 1.29 is 14.8 Å². The number of benzene rings is 1. The smallest absolute Gasteiger partial charge is 0.273 e. The second-order valence-electron chi connectivity index (χ2n) is 3.90. The monoisotopic (exact) mass is 278 g/mol. The summed E-state index contributed by atoms with van der Waals surface area (Å²) in [7, 11) is 1.52. The van der Waals surface area contributed by atoms with Crippen molar-refractivity contribution in [1.82, 2.24) is 0 Å². The van der Waals surface area contributed by atoms with Crippen molar-refractivity contribution in [2.75, 3.05) is 12.5 Å². The van der Waals surface area contributed by atoms with E-state index in [1.807, 2.05) is 0 Å². The number of phenolic OH excluding ortho intramolecular Hbond substituents is 1. The molecule has 106 valence electrons. The van der Waals surface area contributed by atoms with E-state index in [0.717, 1.165) is 6.07 Å². The first-order valence-electron chi connectivity index (χ1n) is 5.62. The molecule has 0 heterocycles. The zero-order valence-electron chi connectivity index (χ0n) is 11.2. The molecule has 0 aliphatic rings. The molecule has 0 amide bonds. The summed E-state index contributed by atoms with van der Waals surface area (Å²) < 4.78 is 0. The predicted octanol–water partition coefficient (Wildman–Crippen LogP) is 1.75. The van der Waals surface area contributed by atoms with Crippen LogP contribution in [0.3, 0.4) is 0 Å². The van der Waals surface area contributed by atoms with Crippen LogP contribution in [0.4, 0.5) is 11.4 Å². The van der Waals surface area contributed by atoms with Crippen LogP contribution in [0.5, 0.6) is 5.75 Å². The largest absolute Gasteiger partial charge is 0.505 e. The molecule has 8 heteroatoms. The SMILES string of the molecule is CN=C(C)/C(=N/Nc1ccc([N+](=O)[O-])cc1O)C(C)=O. The minimum Gasteiger partial charge on any atom is -0.505 e. The van der Waals surface area contributed by atoms with E-state index in [0.29, 0.717) is 5.71 Å². The first-order valence-corrected chi connectivity index (χ1v) is 5.62. The van der Waals surface area contributed by atoms with Gasteiger partial charge in [-0.15, -0.1) is 0 Å². The molecule has 8 nitrogen and oxygen atoms in total. The molecule has 1 rings (SSSR count). The number of carbonyl (C=O) groups is 1. The van der Waals surface area contributed by atoms with Crippen molar-refractivity contribution in [2.24, 2.45) is 10.1 Å². The van der Waals surface area contributed by atoms with Crippen LogP contribution in [0.2, 0.25) is 0 Å². The Bertz CT molecular complexity index is 607. The van der Waals surface area contributed by atoms with Crippen LogP contribution in [0.1, 0.15) is 13.8 Å². The second-order valence-corrected chi connectivity index (χ2v) is 3.90. The fourth-order valence-electron chi connectivity index (χ4n) is 1.36. The van der Waals surface area contributed by atoms with Crippen molar-refractivity contribution in [1.29, 1.82) is 0 Å². The first-order chi connectivity index (χ1) is 9.36. The van der Waals surface area contributed by atoms with Crippen LogP contribution in [0, 0.1) is 10.1 Å². The number of Topliss-reactive ketones (excluding diaryl/α,β-unsaturated/α-hetero) is 1. The molecule has 0 saturated heterocycles. The summed E-state index contributed by atoms with van der Waals surface area (Å²) in [5.74, 6) is -0.626. The molecule has 0 unspecified atom stereocenters. The molecule has 0 saturated carbocycles. The van der Waals surface area contributed by atoms with E-state index in [2.05, 4.69) is 15.5 Å². The molecule has 1 aromatic rings. The van der Waals surface area contributed by atoms with Gasteiger partial charge >= 0.3 is 0 Å². The minimum atomic E-state index is -0.623. The number of anilines is 1. The topological polar surface area (TPSA) is 117 Å². The number of aliphatic imine (C=N–C) groups is 1. The van der Waals surface area contributed by atoms with Gasteiger partial charge in [-0.3, -0.25) is 25.3 Å². The summed E-state index contributed by atoms with van der Waals surface area (Å²) in [4.78, 5) is 25.2. The third-order valence-corrected chi connectivity index (χ3v) is 2.49. The van der Waals surface area contributed by atoms with Crippen molar-refractivity contribution >= 4 is 28.6 Å². The van der Waals surface area contributed by atoms with E-state index < -0.39 is 4.92 Å². The zero-order chi connectivity index (χ0) is 15.3. The summed E-state index contributed by atoms with van der Waals surface area (Å²) in [5.41, 5.74) is 2.95. The maximum atomic E-state index is 11.4. The number of nitrogens with zero attached hydrogens (tertiary/aromatic N) is 3. The van der Waals surface area contributed by atoms with Crippen LogP contribution in [0.15, 0.2) is 28.3 Å². The molecule has 0 fully saturated rings. The van der Waals surface area contributed by atoms with E-state index in [9.17, 15) is 20.0 Å². The van der Waals surface area contributed by atoms with Crippen molar-refractivity contribution in [3.8, 4) is 5.75 Å². The van der Waals surface area contributed by atoms with Gasteiger partial charge in [0.25, 0.3) is 5.69 Å². The lowest BCUT2D eigenvalue weighted by Gasteiger charge is -2.06. The Labute approximate surface area is 115 Å². The van der Waals surface area contributed by atoms with Gasteiger partial charge in [0.1, 0.15) is 11.5 Å². The Balaban J connectivity index is 3.04. The van der Waals surface area contributed by atoms with Gasteiger partial charge in [-0.25, -0.2) is 0 Å². The molecule has 0 atom stereocenters. The lowest BCUT2D eigenvalue weighted by molar-refractivity contribution is -0.384. The van der Waals surface area contributed by atoms with E-state index in [-0.39, 0.29) is 28.6 Å². The summed E-state index contributed by atoms with van der Waals surface area (Å²) >= 11 is 0. The molecule has 1 aromatic carbocycles. The number of hydrogen-bond acceptors (Lipinski definition) is 7. The number of phenols is 1. The third kappa shape index (κ3) is 3.61. The summed E-state index contributed by atoms with van der Waals surface area (Å²) in [6.45, 7) is 2.96. The highest BCUT2D eigenvalue weighted by Crippen LogP contribution is 2.27. The Hall–Kier alpha value is -2.77. The Morgan fingerprint density at radius 1 is 1.40 bits per heavy atom. The maximum absolute atomic E-state index is 11.4. The first kappa shape index (κ1) is 15.3. The standard InChI is InChI=1S/C12H14N4O4/c1-7(13-3)12(8(2)17)15-14-10-5-4-9(16(19)20)6-11(10)18/h4-6,14,18H,1-3H3/b13-7?,15-12-. The van der Waals surface area contributed by atoms with Crippen LogP contribution < -0.4 is 5.43 Å². The molecule has 20 heavy (non-hydrogen) atoms. The Kier molecular flexibility index (Phi) is 4.90. The van der Waals surface area contributed by atoms with Crippen molar-refractivity contribution in [3.63, 3.8) is 0 Å². The summed E-state index contributed by atoms with van der Waals surface area (Å²) in [6.07, 6.45) is 0. The van der Waals surface area contributed by atoms with Gasteiger partial charge in [0.05, 0.1) is 22.4 Å². The molecule has 0 aliphatic carbocycles. The molecule has 0 radical (unpaired) electrons. The fraction of sp³-hybridized carbons (Fsp3) is 0.250. The number of hydrogen-bond donors (Lipinski definition) is 2. The molecule has 0 spiro atoms. The Morgan fingerprint density at radius 2 is 2.05 bits per heavy atom. The number of ketones is 1. The molecular weight excluding hydrogens is 264 g/mol. The minimum absolute atomic E-state index is 0.116. The summed E-state index contributed by atoms with van der Waals surface area (Å²) in [6, 6.07) is 3.50. The fourth-order valence-corrected chi connectivity index (χ4v) is 1.36. The van der Waals surface area contributed by atoms with Crippen LogP contribution in [-0.2, 0) is 4.79 Å². The number of aromatic hydroxyl groups is 1. The molecule has 2 N–H and O–H groups in total. The average Bonchev–Trinajstić information content (AvgIpc) is 2.39. The number of non-ortho nitro benzene ring substituents is 1. The number of hydrazone groups is 1. The van der Waals surface area contributed by atoms with Crippen molar-refractivity contribution in [3.05, 3.63) is 28.3 Å². The number of nitrogens with one attached hydrogen (secondary N) is 1. The third-order valence-electron chi connectivity index (χ3n) is 2.49. The van der Waals surface area contributed by atoms with E-state index in [1.165, 1.54) is 26.1 Å². The van der Waals surface area contributed by atoms with E-state index in [4.69, 9.17) is 0 Å². The van der Waals surface area contributed by atoms with Gasteiger partial charge < -0.3 is 5.11 Å². The van der Waals surface area contributed by atoms with Gasteiger partial charge in [-0.2, -0.15) is 5.10 Å². The van der Waals surface area contributed by atoms with Gasteiger partial charge in [0.15, 0.2) is 5.78 Å². The maximum Gasteiger partial charge on any atom is 0.273 e. The van der Waals surface area contributed by atoms with Crippen LogP contribution >= 0.6 is 0 Å². The Morgan fingerprint density at radius 3 is 2.50 bits per heavy atom. The highest BCUT2D eigenvalue weighted by molar-refractivity contribution is 6.66. The van der Waals surface area contributed by atoms with Crippen molar-refractivity contribution in [2.45, 2.75) is 13.8 Å². The van der Waals surface area contributed by atoms with Gasteiger partial charge in [-0.05, 0) is 13.0 Å². The normalized spacial score (nSPS) is 12.2. The number of carbonyl (C=O) groups excluding carboxylic acids is 1. The second kappa shape index (κ2) is 6.41. The van der Waals surface area contributed by atoms with Gasteiger partial charge in [0, 0.05) is 20.0 Å². The molecule has 0 aromatic heterocycles. The number of rotatable bonds is 5. The zero-order valence-corrected chi connectivity index (χ0v) is 11.2. The quantitative estimate of drug-likeness (QED) is 0.368. The van der Waals surface area contributed by atoms with Gasteiger partial charge in [0.2, 0.25) is 0 Å². The summed E-state index contributed by atoms with van der Waals surface area (Å²) in [5, 5.41) is 24.0. The molecule has 0 bridgehead atoms.